The smallest absolute Gasteiger partial charge is 0.192 e. The van der Waals surface area contributed by atoms with Crippen LogP contribution < -0.4 is 5.73 Å². The van der Waals surface area contributed by atoms with Gasteiger partial charge in [0.2, 0.25) is 0 Å². The molecule has 3 rings (SSSR count). The summed E-state index contributed by atoms with van der Waals surface area (Å²) in [6.07, 6.45) is 4.66. The predicted molar refractivity (Wildman–Crippen MR) is 71.4 cm³/mol. The normalized spacial score (nSPS) is 23.9. The van der Waals surface area contributed by atoms with Crippen molar-refractivity contribution < 1.29 is 9.50 Å². The van der Waals surface area contributed by atoms with Gasteiger partial charge in [0, 0.05) is 6.04 Å². The zero-order valence-corrected chi connectivity index (χ0v) is 10.7. The molecule has 0 radical (unpaired) electrons. The SMILES string of the molecule is NC1=NCC(c2ccc(O)c(F)c2)N1C1CCCC1. The monoisotopic (exact) mass is 263 g/mol. The molecule has 1 unspecified atom stereocenters. The van der Waals surface area contributed by atoms with E-state index in [0.717, 1.165) is 18.4 Å². The van der Waals surface area contributed by atoms with Crippen LogP contribution in [-0.4, -0.2) is 28.6 Å². The van der Waals surface area contributed by atoms with Crippen LogP contribution in [0.4, 0.5) is 4.39 Å². The van der Waals surface area contributed by atoms with Crippen LogP contribution in [0, 0.1) is 5.82 Å². The molecule has 0 amide bonds. The first-order valence-corrected chi connectivity index (χ1v) is 6.73. The molecule has 4 nitrogen and oxygen atoms in total. The average Bonchev–Trinajstić information content (AvgIpc) is 3.01. The molecule has 19 heavy (non-hydrogen) atoms. The Labute approximate surface area is 111 Å². The van der Waals surface area contributed by atoms with Gasteiger partial charge in [-0.1, -0.05) is 18.9 Å². The van der Waals surface area contributed by atoms with E-state index in [1.165, 1.54) is 25.0 Å². The van der Waals surface area contributed by atoms with Crippen molar-refractivity contribution in [1.29, 1.82) is 0 Å². The molecule has 102 valence electrons. The molecule has 0 saturated heterocycles. The van der Waals surface area contributed by atoms with Crippen molar-refractivity contribution in [1.82, 2.24) is 4.90 Å². The van der Waals surface area contributed by atoms with E-state index in [1.54, 1.807) is 6.07 Å². The lowest BCUT2D eigenvalue weighted by Gasteiger charge is -2.32. The fourth-order valence-corrected chi connectivity index (χ4v) is 3.13. The highest BCUT2D eigenvalue weighted by Gasteiger charge is 2.34. The standard InChI is InChI=1S/C14H18FN3O/c15-11-7-9(5-6-13(11)19)12-8-17-14(16)18(12)10-3-1-2-4-10/h5-7,10,12,19H,1-4,8H2,(H2,16,17). The summed E-state index contributed by atoms with van der Waals surface area (Å²) < 4.78 is 13.5. The van der Waals surface area contributed by atoms with Crippen molar-refractivity contribution in [2.45, 2.75) is 37.8 Å². The number of hydrogen-bond donors (Lipinski definition) is 2. The number of hydrogen-bond acceptors (Lipinski definition) is 4. The third kappa shape index (κ3) is 2.13. The van der Waals surface area contributed by atoms with Crippen molar-refractivity contribution in [3.8, 4) is 5.75 Å². The lowest BCUT2D eigenvalue weighted by Crippen LogP contribution is -2.42. The van der Waals surface area contributed by atoms with E-state index in [4.69, 9.17) is 5.73 Å². The summed E-state index contributed by atoms with van der Waals surface area (Å²) in [5.74, 6) is -0.345. The highest BCUT2D eigenvalue weighted by Crippen LogP contribution is 2.34. The molecule has 0 spiro atoms. The minimum atomic E-state index is -0.589. The number of phenols is 1. The molecular formula is C14H18FN3O. The Hall–Kier alpha value is -1.78. The van der Waals surface area contributed by atoms with Gasteiger partial charge in [0.15, 0.2) is 17.5 Å². The Morgan fingerprint density at radius 2 is 2.05 bits per heavy atom. The number of guanidine groups is 1. The number of benzene rings is 1. The molecule has 3 N–H and O–H groups in total. The Kier molecular flexibility index (Phi) is 3.05. The maximum atomic E-state index is 13.5. The number of nitrogens with zero attached hydrogens (tertiary/aromatic N) is 2. The van der Waals surface area contributed by atoms with Crippen LogP contribution in [0.2, 0.25) is 0 Å². The topological polar surface area (TPSA) is 61.9 Å². The molecule has 5 heteroatoms. The molecule has 1 saturated carbocycles. The van der Waals surface area contributed by atoms with E-state index in [1.807, 2.05) is 0 Å². The second-order valence-electron chi connectivity index (χ2n) is 5.27. The van der Waals surface area contributed by atoms with Gasteiger partial charge >= 0.3 is 0 Å². The number of phenolic OH excluding ortho intramolecular Hbond substituents is 1. The highest BCUT2D eigenvalue weighted by molar-refractivity contribution is 5.80. The fraction of sp³-hybridized carbons (Fsp3) is 0.500. The molecule has 1 atom stereocenters. The second-order valence-corrected chi connectivity index (χ2v) is 5.27. The first kappa shape index (κ1) is 12.3. The Balaban J connectivity index is 1.88. The summed E-state index contributed by atoms with van der Waals surface area (Å²) in [5.41, 5.74) is 6.81. The fourth-order valence-electron chi connectivity index (χ4n) is 3.13. The second kappa shape index (κ2) is 4.72. The van der Waals surface area contributed by atoms with Gasteiger partial charge in [-0.15, -0.1) is 0 Å². The Bertz CT molecular complexity index is 511. The van der Waals surface area contributed by atoms with Crippen LogP contribution in [0.15, 0.2) is 23.2 Å². The van der Waals surface area contributed by atoms with E-state index in [2.05, 4.69) is 9.89 Å². The summed E-state index contributed by atoms with van der Waals surface area (Å²) in [6, 6.07) is 4.94. The van der Waals surface area contributed by atoms with Gasteiger partial charge in [0.1, 0.15) is 0 Å². The van der Waals surface area contributed by atoms with Crippen LogP contribution in [0.1, 0.15) is 37.3 Å². The lowest BCUT2D eigenvalue weighted by atomic mass is 10.0. The average molecular weight is 263 g/mol. The summed E-state index contributed by atoms with van der Waals surface area (Å²) >= 11 is 0. The molecule has 1 aliphatic heterocycles. The Morgan fingerprint density at radius 3 is 2.74 bits per heavy atom. The predicted octanol–water partition coefficient (Wildman–Crippen LogP) is 2.15. The first-order chi connectivity index (χ1) is 9.16. The van der Waals surface area contributed by atoms with E-state index in [9.17, 15) is 9.50 Å². The van der Waals surface area contributed by atoms with Gasteiger partial charge in [-0.3, -0.25) is 4.99 Å². The largest absolute Gasteiger partial charge is 0.505 e. The van der Waals surface area contributed by atoms with E-state index in [-0.39, 0.29) is 11.8 Å². The van der Waals surface area contributed by atoms with Crippen molar-refractivity contribution in [3.05, 3.63) is 29.6 Å². The van der Waals surface area contributed by atoms with Crippen molar-refractivity contribution >= 4 is 5.96 Å². The molecule has 1 heterocycles. The maximum absolute atomic E-state index is 13.5. The van der Waals surface area contributed by atoms with E-state index in [0.29, 0.717) is 18.5 Å². The minimum absolute atomic E-state index is 0.00167. The quantitative estimate of drug-likeness (QED) is 0.859. The number of rotatable bonds is 2. The third-order valence-electron chi connectivity index (χ3n) is 4.10. The zero-order chi connectivity index (χ0) is 13.4. The van der Waals surface area contributed by atoms with Crippen molar-refractivity contribution in [2.24, 2.45) is 10.7 Å². The van der Waals surface area contributed by atoms with Gasteiger partial charge in [0.25, 0.3) is 0 Å². The molecule has 1 aromatic rings. The number of aromatic hydroxyl groups is 1. The van der Waals surface area contributed by atoms with Crippen LogP contribution >= 0.6 is 0 Å². The van der Waals surface area contributed by atoms with Gasteiger partial charge in [-0.25, -0.2) is 4.39 Å². The van der Waals surface area contributed by atoms with Crippen LogP contribution in [0.3, 0.4) is 0 Å². The molecule has 1 aromatic carbocycles. The summed E-state index contributed by atoms with van der Waals surface area (Å²) in [7, 11) is 0. The van der Waals surface area contributed by atoms with Gasteiger partial charge in [-0.05, 0) is 30.5 Å². The molecule has 0 bridgehead atoms. The number of nitrogens with two attached hydrogens (primary N) is 1. The molecule has 1 fully saturated rings. The number of aliphatic imine (C=N–C) groups is 1. The molecule has 2 aliphatic rings. The van der Waals surface area contributed by atoms with Gasteiger partial charge in [-0.2, -0.15) is 0 Å². The minimum Gasteiger partial charge on any atom is -0.505 e. The van der Waals surface area contributed by atoms with Crippen molar-refractivity contribution in [3.63, 3.8) is 0 Å². The van der Waals surface area contributed by atoms with Crippen molar-refractivity contribution in [2.75, 3.05) is 6.54 Å². The summed E-state index contributed by atoms with van der Waals surface area (Å²) in [6.45, 7) is 0.562. The molecule has 0 aromatic heterocycles. The van der Waals surface area contributed by atoms with E-state index < -0.39 is 5.82 Å². The maximum Gasteiger partial charge on any atom is 0.192 e. The first-order valence-electron chi connectivity index (χ1n) is 6.73. The summed E-state index contributed by atoms with van der Waals surface area (Å²) in [4.78, 5) is 6.43. The zero-order valence-electron chi connectivity index (χ0n) is 10.7. The molecule has 1 aliphatic carbocycles. The summed E-state index contributed by atoms with van der Waals surface area (Å²) in [5, 5.41) is 9.27. The molecular weight excluding hydrogens is 245 g/mol. The van der Waals surface area contributed by atoms with Crippen LogP contribution in [-0.2, 0) is 0 Å². The highest BCUT2D eigenvalue weighted by atomic mass is 19.1. The third-order valence-corrected chi connectivity index (χ3v) is 4.10. The van der Waals surface area contributed by atoms with E-state index >= 15 is 0 Å². The van der Waals surface area contributed by atoms with Gasteiger partial charge < -0.3 is 15.7 Å². The lowest BCUT2D eigenvalue weighted by molar-refractivity contribution is 0.261. The van der Waals surface area contributed by atoms with Crippen LogP contribution in [0.5, 0.6) is 5.75 Å². The number of halogens is 1. The van der Waals surface area contributed by atoms with Crippen LogP contribution in [0.25, 0.3) is 0 Å². The van der Waals surface area contributed by atoms with Gasteiger partial charge in [0.05, 0.1) is 12.6 Å². The Morgan fingerprint density at radius 1 is 1.32 bits per heavy atom.